The number of nitrogens with zero attached hydrogens (tertiary/aromatic N) is 2. The number of likely N-dealkylation sites (N-methyl/N-ethyl adjacent to an activating group) is 1. The van der Waals surface area contributed by atoms with Crippen molar-refractivity contribution in [3.8, 4) is 0 Å². The normalized spacial score (nSPS) is 17.8. The maximum absolute atomic E-state index is 14.1. The maximum Gasteiger partial charge on any atom is 0.244 e. The van der Waals surface area contributed by atoms with Gasteiger partial charge >= 0.3 is 0 Å². The lowest BCUT2D eigenvalue weighted by atomic mass is 10.0. The number of carbonyl (C=O) groups is 1. The number of hydrogen-bond acceptors (Lipinski definition) is 4. The van der Waals surface area contributed by atoms with E-state index in [1.165, 1.54) is 15.9 Å². The SMILES string of the molecule is CCS(=O)(=O)C1CCN(C(=O)[C@H](c2c(F)cccc2F)N(C)C)CC1. The summed E-state index contributed by atoms with van der Waals surface area (Å²) in [6, 6.07) is 2.43. The Morgan fingerprint density at radius 3 is 2.20 bits per heavy atom. The molecule has 0 N–H and O–H groups in total. The maximum atomic E-state index is 14.1. The first-order valence-corrected chi connectivity index (χ1v) is 10.0. The third kappa shape index (κ3) is 4.17. The number of piperidine rings is 1. The molecule has 5 nitrogen and oxygen atoms in total. The van der Waals surface area contributed by atoms with Gasteiger partial charge in [-0.15, -0.1) is 0 Å². The fraction of sp³-hybridized carbons (Fsp3) is 0.588. The molecule has 0 spiro atoms. The molecule has 0 unspecified atom stereocenters. The van der Waals surface area contributed by atoms with Crippen LogP contribution >= 0.6 is 0 Å². The summed E-state index contributed by atoms with van der Waals surface area (Å²) in [6.07, 6.45) is 0.698. The van der Waals surface area contributed by atoms with Crippen molar-refractivity contribution in [1.82, 2.24) is 9.80 Å². The Bertz CT molecular complexity index is 709. The van der Waals surface area contributed by atoms with Crippen molar-refractivity contribution in [2.45, 2.75) is 31.1 Å². The summed E-state index contributed by atoms with van der Waals surface area (Å²) < 4.78 is 52.2. The first-order valence-electron chi connectivity index (χ1n) is 8.29. The van der Waals surface area contributed by atoms with Crippen molar-refractivity contribution in [3.63, 3.8) is 0 Å². The van der Waals surface area contributed by atoms with Crippen LogP contribution < -0.4 is 0 Å². The number of sulfone groups is 1. The molecule has 0 aromatic heterocycles. The van der Waals surface area contributed by atoms with E-state index in [1.54, 1.807) is 21.0 Å². The monoisotopic (exact) mass is 374 g/mol. The molecule has 1 fully saturated rings. The van der Waals surface area contributed by atoms with E-state index in [2.05, 4.69) is 0 Å². The first-order chi connectivity index (χ1) is 11.7. The van der Waals surface area contributed by atoms with E-state index in [0.717, 1.165) is 12.1 Å². The second-order valence-corrected chi connectivity index (χ2v) is 9.05. The van der Waals surface area contributed by atoms with Crippen molar-refractivity contribution in [3.05, 3.63) is 35.4 Å². The summed E-state index contributed by atoms with van der Waals surface area (Å²) in [5, 5.41) is -0.454. The van der Waals surface area contributed by atoms with Gasteiger partial charge in [0.05, 0.1) is 10.8 Å². The fourth-order valence-corrected chi connectivity index (χ4v) is 4.62. The Kier molecular flexibility index (Phi) is 6.16. The van der Waals surface area contributed by atoms with E-state index in [-0.39, 0.29) is 24.4 Å². The highest BCUT2D eigenvalue weighted by Gasteiger charge is 2.36. The van der Waals surface area contributed by atoms with Crippen molar-refractivity contribution in [1.29, 1.82) is 0 Å². The zero-order valence-corrected chi connectivity index (χ0v) is 15.5. The largest absolute Gasteiger partial charge is 0.341 e. The Morgan fingerprint density at radius 2 is 1.76 bits per heavy atom. The number of benzene rings is 1. The van der Waals surface area contributed by atoms with Gasteiger partial charge in [0.25, 0.3) is 0 Å². The molecule has 0 radical (unpaired) electrons. The molecule has 0 bridgehead atoms. The highest BCUT2D eigenvalue weighted by atomic mass is 32.2. The van der Waals surface area contributed by atoms with Crippen molar-refractivity contribution in [2.24, 2.45) is 0 Å². The minimum atomic E-state index is -3.14. The van der Waals surface area contributed by atoms with Crippen LogP contribution in [0.5, 0.6) is 0 Å². The Balaban J connectivity index is 2.21. The van der Waals surface area contributed by atoms with Crippen LogP contribution in [0.2, 0.25) is 0 Å². The second-order valence-electron chi connectivity index (χ2n) is 6.48. The van der Waals surface area contributed by atoms with Crippen LogP contribution in [0.1, 0.15) is 31.4 Å². The Labute approximate surface area is 147 Å². The number of likely N-dealkylation sites (tertiary alicyclic amines) is 1. The van der Waals surface area contributed by atoms with Gasteiger partial charge in [0, 0.05) is 18.8 Å². The average Bonchev–Trinajstić information content (AvgIpc) is 2.57. The standard InChI is InChI=1S/C17H24F2N2O3S/c1-4-25(23,24)12-8-10-21(11-9-12)17(22)16(20(2)3)15-13(18)6-5-7-14(15)19/h5-7,12,16H,4,8-11H2,1-3H3/t16-/m0/s1. The lowest BCUT2D eigenvalue weighted by Gasteiger charge is -2.35. The van der Waals surface area contributed by atoms with E-state index >= 15 is 0 Å². The second kappa shape index (κ2) is 7.78. The number of carbonyl (C=O) groups excluding carboxylic acids is 1. The van der Waals surface area contributed by atoms with E-state index < -0.39 is 38.7 Å². The fourth-order valence-electron chi connectivity index (χ4n) is 3.22. The molecule has 8 heteroatoms. The summed E-state index contributed by atoms with van der Waals surface area (Å²) in [7, 11) is 0.0312. The number of rotatable bonds is 5. The average molecular weight is 374 g/mol. The van der Waals surface area contributed by atoms with E-state index in [9.17, 15) is 22.0 Å². The zero-order valence-electron chi connectivity index (χ0n) is 14.7. The first kappa shape index (κ1) is 19.8. The molecule has 25 heavy (non-hydrogen) atoms. The Hall–Kier alpha value is -1.54. The minimum absolute atomic E-state index is 0.0758. The topological polar surface area (TPSA) is 57.7 Å². The molecular weight excluding hydrogens is 350 g/mol. The predicted molar refractivity (Wildman–Crippen MR) is 91.8 cm³/mol. The highest BCUT2D eigenvalue weighted by Crippen LogP contribution is 2.28. The molecule has 1 amide bonds. The molecular formula is C17H24F2N2O3S. The third-order valence-corrected chi connectivity index (χ3v) is 6.98. The predicted octanol–water partition coefficient (Wildman–Crippen LogP) is 1.99. The van der Waals surface area contributed by atoms with E-state index in [1.807, 2.05) is 0 Å². The zero-order chi connectivity index (χ0) is 18.8. The van der Waals surface area contributed by atoms with E-state index in [4.69, 9.17) is 0 Å². The van der Waals surface area contributed by atoms with E-state index in [0.29, 0.717) is 12.8 Å². The summed E-state index contributed by atoms with van der Waals surface area (Å²) in [5.74, 6) is -1.88. The highest BCUT2D eigenvalue weighted by molar-refractivity contribution is 7.92. The molecule has 1 aromatic carbocycles. The van der Waals surface area contributed by atoms with Gasteiger partial charge < -0.3 is 4.90 Å². The molecule has 1 saturated heterocycles. The van der Waals surface area contributed by atoms with Gasteiger partial charge in [-0.05, 0) is 39.1 Å². The molecule has 0 aliphatic carbocycles. The lowest BCUT2D eigenvalue weighted by Crippen LogP contribution is -2.47. The summed E-state index contributed by atoms with van der Waals surface area (Å²) in [6.45, 7) is 2.14. The molecule has 1 heterocycles. The lowest BCUT2D eigenvalue weighted by molar-refractivity contribution is -0.137. The van der Waals surface area contributed by atoms with Crippen LogP contribution in [0.3, 0.4) is 0 Å². The van der Waals surface area contributed by atoms with Gasteiger partial charge in [-0.3, -0.25) is 9.69 Å². The van der Waals surface area contributed by atoms with Crippen LogP contribution in [0.25, 0.3) is 0 Å². The van der Waals surface area contributed by atoms with Gasteiger partial charge in [-0.1, -0.05) is 13.0 Å². The summed E-state index contributed by atoms with van der Waals surface area (Å²) in [5.41, 5.74) is -0.277. The van der Waals surface area contributed by atoms with Gasteiger partial charge in [0.1, 0.15) is 17.7 Å². The quantitative estimate of drug-likeness (QED) is 0.791. The molecule has 0 saturated carbocycles. The minimum Gasteiger partial charge on any atom is -0.341 e. The van der Waals surface area contributed by atoms with Crippen LogP contribution in [-0.4, -0.2) is 62.3 Å². The number of halogens is 2. The van der Waals surface area contributed by atoms with Crippen LogP contribution in [-0.2, 0) is 14.6 Å². The van der Waals surface area contributed by atoms with Crippen LogP contribution in [0, 0.1) is 11.6 Å². The molecule has 1 aliphatic rings. The Morgan fingerprint density at radius 1 is 1.24 bits per heavy atom. The summed E-state index contributed by atoms with van der Waals surface area (Å²) >= 11 is 0. The summed E-state index contributed by atoms with van der Waals surface area (Å²) in [4.78, 5) is 15.8. The van der Waals surface area contributed by atoms with Gasteiger partial charge in [0.15, 0.2) is 9.84 Å². The van der Waals surface area contributed by atoms with Crippen molar-refractivity contribution in [2.75, 3.05) is 32.9 Å². The smallest absolute Gasteiger partial charge is 0.244 e. The number of hydrogen-bond donors (Lipinski definition) is 0. The molecule has 140 valence electrons. The van der Waals surface area contributed by atoms with Crippen LogP contribution in [0.15, 0.2) is 18.2 Å². The van der Waals surface area contributed by atoms with Gasteiger partial charge in [-0.2, -0.15) is 0 Å². The van der Waals surface area contributed by atoms with Gasteiger partial charge in [0.2, 0.25) is 5.91 Å². The molecule has 1 aromatic rings. The van der Waals surface area contributed by atoms with Crippen molar-refractivity contribution >= 4 is 15.7 Å². The third-order valence-electron chi connectivity index (χ3n) is 4.69. The molecule has 1 aliphatic heterocycles. The molecule has 2 rings (SSSR count). The number of amides is 1. The van der Waals surface area contributed by atoms with Gasteiger partial charge in [-0.25, -0.2) is 17.2 Å². The van der Waals surface area contributed by atoms with Crippen LogP contribution in [0.4, 0.5) is 8.78 Å². The van der Waals surface area contributed by atoms with Crippen molar-refractivity contribution < 1.29 is 22.0 Å². The molecule has 1 atom stereocenters.